The number of furan rings is 1. The highest BCUT2D eigenvalue weighted by Crippen LogP contribution is 2.45. The summed E-state index contributed by atoms with van der Waals surface area (Å²) in [5.74, 6) is 0. The first kappa shape index (κ1) is 33.6. The number of para-hydroxylation sites is 1. The maximum Gasteiger partial charge on any atom is 0.136 e. The lowest BCUT2D eigenvalue weighted by molar-refractivity contribution is 0.669. The molecule has 0 aliphatic carbocycles. The molecule has 0 unspecified atom stereocenters. The van der Waals surface area contributed by atoms with Gasteiger partial charge in [0.05, 0.1) is 5.69 Å². The zero-order chi connectivity index (χ0) is 38.4. The first-order chi connectivity index (χ1) is 28.7. The van der Waals surface area contributed by atoms with Crippen LogP contribution in [0.15, 0.2) is 229 Å². The molecular weight excluding hydrogens is 703 g/mol. The standard InChI is InChI=1S/C56H37NO/c1-3-14-39(15-4-1)50-23-11-12-25-54(50)57(45-29-26-41(27-30-45)48-24-13-21-38-18-9-10-22-47(38)48)46-31-33-49(52(37-46)40-16-5-2-6-17-40)44-28-32-51-53-34-42-19-7-8-20-43(42)35-56(53)58-55(51)36-44/h1-37H. The molecule has 0 aliphatic heterocycles. The Bertz CT molecular complexity index is 3270. The van der Waals surface area contributed by atoms with Crippen molar-refractivity contribution in [2.24, 2.45) is 0 Å². The van der Waals surface area contributed by atoms with Gasteiger partial charge in [-0.05, 0) is 115 Å². The van der Waals surface area contributed by atoms with Crippen molar-refractivity contribution >= 4 is 60.5 Å². The Morgan fingerprint density at radius 3 is 1.64 bits per heavy atom. The highest BCUT2D eigenvalue weighted by molar-refractivity contribution is 6.11. The van der Waals surface area contributed by atoms with E-state index in [0.29, 0.717) is 0 Å². The lowest BCUT2D eigenvalue weighted by atomic mass is 9.92. The predicted octanol–water partition coefficient (Wildman–Crippen LogP) is 16.0. The van der Waals surface area contributed by atoms with Crippen molar-refractivity contribution in [3.8, 4) is 44.5 Å². The van der Waals surface area contributed by atoms with Crippen LogP contribution >= 0.6 is 0 Å². The number of hydrogen-bond donors (Lipinski definition) is 0. The summed E-state index contributed by atoms with van der Waals surface area (Å²) in [7, 11) is 0. The summed E-state index contributed by atoms with van der Waals surface area (Å²) < 4.78 is 6.56. The largest absolute Gasteiger partial charge is 0.456 e. The Balaban J connectivity index is 1.08. The molecule has 0 spiro atoms. The van der Waals surface area contributed by atoms with Crippen LogP contribution in [0.5, 0.6) is 0 Å². The molecule has 0 saturated heterocycles. The lowest BCUT2D eigenvalue weighted by Crippen LogP contribution is -2.11. The van der Waals surface area contributed by atoms with Crippen LogP contribution in [0.4, 0.5) is 17.1 Å². The smallest absolute Gasteiger partial charge is 0.136 e. The van der Waals surface area contributed by atoms with Gasteiger partial charge < -0.3 is 9.32 Å². The van der Waals surface area contributed by atoms with Gasteiger partial charge in [0, 0.05) is 27.7 Å². The average molecular weight is 740 g/mol. The van der Waals surface area contributed by atoms with E-state index in [-0.39, 0.29) is 0 Å². The molecule has 0 radical (unpaired) electrons. The van der Waals surface area contributed by atoms with Crippen LogP contribution in [0.25, 0.3) is 88.0 Å². The Morgan fingerprint density at radius 1 is 0.276 bits per heavy atom. The molecule has 272 valence electrons. The minimum absolute atomic E-state index is 0.885. The van der Waals surface area contributed by atoms with Gasteiger partial charge in [-0.25, -0.2) is 0 Å². The number of fused-ring (bicyclic) bond motifs is 5. The van der Waals surface area contributed by atoms with Crippen molar-refractivity contribution in [1.82, 2.24) is 0 Å². The second kappa shape index (κ2) is 14.1. The van der Waals surface area contributed by atoms with E-state index in [1.807, 2.05) is 0 Å². The quantitative estimate of drug-likeness (QED) is 0.162. The van der Waals surface area contributed by atoms with Crippen molar-refractivity contribution in [2.75, 3.05) is 4.90 Å². The molecule has 0 amide bonds. The van der Waals surface area contributed by atoms with E-state index in [1.54, 1.807) is 0 Å². The Labute approximate surface area is 337 Å². The molecule has 2 nitrogen and oxygen atoms in total. The Kier molecular flexibility index (Phi) is 8.19. The van der Waals surface area contributed by atoms with Crippen LogP contribution in [-0.2, 0) is 0 Å². The number of hydrogen-bond acceptors (Lipinski definition) is 2. The van der Waals surface area contributed by atoms with Gasteiger partial charge in [-0.2, -0.15) is 0 Å². The van der Waals surface area contributed by atoms with Gasteiger partial charge in [-0.3, -0.25) is 0 Å². The summed E-state index contributed by atoms with van der Waals surface area (Å²) in [5.41, 5.74) is 14.3. The molecule has 0 aliphatic rings. The van der Waals surface area contributed by atoms with Gasteiger partial charge in [-0.1, -0.05) is 170 Å². The van der Waals surface area contributed by atoms with Crippen molar-refractivity contribution in [3.05, 3.63) is 224 Å². The van der Waals surface area contributed by atoms with Gasteiger partial charge in [0.2, 0.25) is 0 Å². The zero-order valence-electron chi connectivity index (χ0n) is 31.7. The Morgan fingerprint density at radius 2 is 0.845 bits per heavy atom. The van der Waals surface area contributed by atoms with Crippen LogP contribution < -0.4 is 4.90 Å². The van der Waals surface area contributed by atoms with Crippen LogP contribution in [-0.4, -0.2) is 0 Å². The minimum atomic E-state index is 0.885. The van der Waals surface area contributed by atoms with E-state index < -0.39 is 0 Å². The second-order valence-corrected chi connectivity index (χ2v) is 14.9. The number of rotatable bonds is 7. The first-order valence-electron chi connectivity index (χ1n) is 19.8. The van der Waals surface area contributed by atoms with E-state index in [1.165, 1.54) is 38.2 Å². The van der Waals surface area contributed by atoms with Crippen molar-refractivity contribution in [1.29, 1.82) is 0 Å². The molecule has 11 aromatic rings. The van der Waals surface area contributed by atoms with Crippen LogP contribution in [0.1, 0.15) is 0 Å². The fourth-order valence-electron chi connectivity index (χ4n) is 8.63. The number of anilines is 3. The van der Waals surface area contributed by atoms with Crippen molar-refractivity contribution in [2.45, 2.75) is 0 Å². The molecule has 10 aromatic carbocycles. The molecule has 11 rings (SSSR count). The molecule has 1 heterocycles. The number of nitrogens with zero attached hydrogens (tertiary/aromatic N) is 1. The summed E-state index contributed by atoms with van der Waals surface area (Å²) in [6.45, 7) is 0. The monoisotopic (exact) mass is 739 g/mol. The van der Waals surface area contributed by atoms with Crippen LogP contribution in [0.3, 0.4) is 0 Å². The predicted molar refractivity (Wildman–Crippen MR) is 245 cm³/mol. The van der Waals surface area contributed by atoms with E-state index in [9.17, 15) is 0 Å². The van der Waals surface area contributed by atoms with E-state index >= 15 is 0 Å². The third-order valence-corrected chi connectivity index (χ3v) is 11.5. The molecular formula is C56H37NO. The molecule has 0 atom stereocenters. The molecule has 0 N–H and O–H groups in total. The molecule has 1 aromatic heterocycles. The van der Waals surface area contributed by atoms with Gasteiger partial charge in [0.15, 0.2) is 0 Å². The number of benzene rings is 10. The normalized spacial score (nSPS) is 11.4. The minimum Gasteiger partial charge on any atom is -0.456 e. The van der Waals surface area contributed by atoms with E-state index in [4.69, 9.17) is 4.42 Å². The zero-order valence-corrected chi connectivity index (χ0v) is 31.7. The van der Waals surface area contributed by atoms with Crippen molar-refractivity contribution < 1.29 is 4.42 Å². The SMILES string of the molecule is c1ccc(-c2cc(N(c3ccc(-c4cccc5ccccc45)cc3)c3ccccc3-c3ccccc3)ccc2-c2ccc3c(c2)oc2cc4ccccc4cc23)cc1. The highest BCUT2D eigenvalue weighted by Gasteiger charge is 2.20. The van der Waals surface area contributed by atoms with Gasteiger partial charge in [0.25, 0.3) is 0 Å². The molecule has 0 fully saturated rings. The molecule has 2 heteroatoms. The maximum atomic E-state index is 6.56. The van der Waals surface area contributed by atoms with E-state index in [2.05, 4.69) is 229 Å². The molecule has 0 saturated carbocycles. The third-order valence-electron chi connectivity index (χ3n) is 11.5. The second-order valence-electron chi connectivity index (χ2n) is 14.9. The summed E-state index contributed by atoms with van der Waals surface area (Å²) in [4.78, 5) is 2.40. The third kappa shape index (κ3) is 5.91. The molecule has 58 heavy (non-hydrogen) atoms. The van der Waals surface area contributed by atoms with Gasteiger partial charge in [0.1, 0.15) is 11.2 Å². The average Bonchev–Trinajstić information content (AvgIpc) is 3.65. The van der Waals surface area contributed by atoms with Crippen LogP contribution in [0.2, 0.25) is 0 Å². The fourth-order valence-corrected chi connectivity index (χ4v) is 8.63. The fraction of sp³-hybridized carbons (Fsp3) is 0. The Hall–Kier alpha value is -7.68. The maximum absolute atomic E-state index is 6.56. The highest BCUT2D eigenvalue weighted by atomic mass is 16.3. The van der Waals surface area contributed by atoms with Gasteiger partial charge >= 0.3 is 0 Å². The van der Waals surface area contributed by atoms with E-state index in [0.717, 1.165) is 66.8 Å². The van der Waals surface area contributed by atoms with Crippen molar-refractivity contribution in [3.63, 3.8) is 0 Å². The lowest BCUT2D eigenvalue weighted by Gasteiger charge is -2.29. The molecule has 0 bridgehead atoms. The van der Waals surface area contributed by atoms with Crippen LogP contribution in [0, 0.1) is 0 Å². The summed E-state index contributed by atoms with van der Waals surface area (Å²) in [5, 5.41) is 7.14. The summed E-state index contributed by atoms with van der Waals surface area (Å²) >= 11 is 0. The summed E-state index contributed by atoms with van der Waals surface area (Å²) in [6.07, 6.45) is 0. The van der Waals surface area contributed by atoms with Gasteiger partial charge in [-0.15, -0.1) is 0 Å². The first-order valence-corrected chi connectivity index (χ1v) is 19.8. The topological polar surface area (TPSA) is 16.4 Å². The summed E-state index contributed by atoms with van der Waals surface area (Å²) in [6, 6.07) is 80.7.